The second kappa shape index (κ2) is 8.94. The number of carbonyl (C=O) groups excluding carboxylic acids is 1. The summed E-state index contributed by atoms with van der Waals surface area (Å²) < 4.78 is 18.1. The molecule has 25 heavy (non-hydrogen) atoms. The molecule has 0 saturated heterocycles. The zero-order valence-electron chi connectivity index (χ0n) is 13.9. The van der Waals surface area contributed by atoms with Crippen LogP contribution in [0.15, 0.2) is 48.5 Å². The maximum atomic E-state index is 13.0. The van der Waals surface area contributed by atoms with Crippen LogP contribution < -0.4 is 5.32 Å². The Bertz CT molecular complexity index is 730. The highest BCUT2D eigenvalue weighted by molar-refractivity contribution is 5.80. The predicted molar refractivity (Wildman–Crippen MR) is 90.4 cm³/mol. The van der Waals surface area contributed by atoms with Crippen molar-refractivity contribution >= 4 is 11.9 Å². The summed E-state index contributed by atoms with van der Waals surface area (Å²) in [6, 6.07) is 12.1. The van der Waals surface area contributed by atoms with Gasteiger partial charge in [-0.15, -0.1) is 0 Å². The van der Waals surface area contributed by atoms with Crippen molar-refractivity contribution < 1.29 is 23.8 Å². The summed E-state index contributed by atoms with van der Waals surface area (Å²) in [5.41, 5.74) is 2.30. The van der Waals surface area contributed by atoms with E-state index in [9.17, 15) is 14.0 Å². The minimum absolute atomic E-state index is 0.120. The number of ether oxygens (including phenoxy) is 1. The second-order valence-corrected chi connectivity index (χ2v) is 5.70. The Balaban J connectivity index is 2.07. The largest absolute Gasteiger partial charge is 0.481 e. The molecule has 0 aromatic heterocycles. The van der Waals surface area contributed by atoms with Crippen LogP contribution in [0.5, 0.6) is 0 Å². The summed E-state index contributed by atoms with van der Waals surface area (Å²) in [5, 5.41) is 11.8. The number of carbonyl (C=O) groups is 2. The maximum Gasteiger partial charge on any atom is 0.305 e. The van der Waals surface area contributed by atoms with E-state index in [1.807, 2.05) is 24.3 Å². The number of hydrogen-bond acceptors (Lipinski definition) is 3. The standard InChI is InChI=1S/C19H20FNO4/c1-25-12-14-4-2-3-13(9-14)10-18(22)21-17(11-19(23)24)15-5-7-16(20)8-6-15/h2-9,17H,10-12H2,1H3,(H,21,22)(H,23,24). The van der Waals surface area contributed by atoms with Gasteiger partial charge in [0.25, 0.3) is 0 Å². The SMILES string of the molecule is COCc1cccc(CC(=O)NC(CC(=O)O)c2ccc(F)cc2)c1. The lowest BCUT2D eigenvalue weighted by atomic mass is 10.0. The molecule has 0 radical (unpaired) electrons. The molecule has 0 aliphatic carbocycles. The lowest BCUT2D eigenvalue weighted by molar-refractivity contribution is -0.137. The first kappa shape index (κ1) is 18.6. The fraction of sp³-hybridized carbons (Fsp3) is 0.263. The van der Waals surface area contributed by atoms with Gasteiger partial charge in [-0.25, -0.2) is 4.39 Å². The average Bonchev–Trinajstić information content (AvgIpc) is 2.55. The van der Waals surface area contributed by atoms with Crippen molar-refractivity contribution in [3.8, 4) is 0 Å². The molecule has 1 amide bonds. The van der Waals surface area contributed by atoms with Crippen molar-refractivity contribution in [2.45, 2.75) is 25.5 Å². The van der Waals surface area contributed by atoms with Crippen molar-refractivity contribution in [3.05, 3.63) is 71.0 Å². The van der Waals surface area contributed by atoms with Gasteiger partial charge in [0.05, 0.1) is 25.5 Å². The smallest absolute Gasteiger partial charge is 0.305 e. The molecule has 0 spiro atoms. The highest BCUT2D eigenvalue weighted by atomic mass is 19.1. The van der Waals surface area contributed by atoms with Crippen LogP contribution in [-0.2, 0) is 27.4 Å². The highest BCUT2D eigenvalue weighted by Gasteiger charge is 2.18. The molecular formula is C19H20FNO4. The van der Waals surface area contributed by atoms with E-state index in [-0.39, 0.29) is 18.7 Å². The van der Waals surface area contributed by atoms with Gasteiger partial charge < -0.3 is 15.2 Å². The van der Waals surface area contributed by atoms with Crippen LogP contribution >= 0.6 is 0 Å². The average molecular weight is 345 g/mol. The molecule has 2 aromatic carbocycles. The van der Waals surface area contributed by atoms with Gasteiger partial charge in [0.1, 0.15) is 5.82 Å². The number of rotatable bonds is 8. The number of carboxylic acid groups (broad SMARTS) is 1. The first-order valence-corrected chi connectivity index (χ1v) is 7.81. The molecule has 6 heteroatoms. The third-order valence-corrected chi connectivity index (χ3v) is 3.65. The number of halogens is 1. The number of aliphatic carboxylic acids is 1. The summed E-state index contributed by atoms with van der Waals surface area (Å²) in [4.78, 5) is 23.4. The summed E-state index contributed by atoms with van der Waals surface area (Å²) in [7, 11) is 1.60. The Kier molecular flexibility index (Phi) is 6.65. The lowest BCUT2D eigenvalue weighted by Gasteiger charge is -2.17. The van der Waals surface area contributed by atoms with E-state index in [1.165, 1.54) is 24.3 Å². The number of benzene rings is 2. The molecule has 0 saturated carbocycles. The minimum atomic E-state index is -1.04. The van der Waals surface area contributed by atoms with Crippen molar-refractivity contribution in [2.75, 3.05) is 7.11 Å². The fourth-order valence-corrected chi connectivity index (χ4v) is 2.55. The fourth-order valence-electron chi connectivity index (χ4n) is 2.55. The number of nitrogens with one attached hydrogen (secondary N) is 1. The van der Waals surface area contributed by atoms with E-state index in [2.05, 4.69) is 5.32 Å². The van der Waals surface area contributed by atoms with E-state index < -0.39 is 17.8 Å². The van der Waals surface area contributed by atoms with E-state index in [0.29, 0.717) is 12.2 Å². The summed E-state index contributed by atoms with van der Waals surface area (Å²) in [6.45, 7) is 0.451. The zero-order valence-corrected chi connectivity index (χ0v) is 13.9. The summed E-state index contributed by atoms with van der Waals surface area (Å²) >= 11 is 0. The predicted octanol–water partition coefficient (Wildman–Crippen LogP) is 2.85. The highest BCUT2D eigenvalue weighted by Crippen LogP contribution is 2.18. The second-order valence-electron chi connectivity index (χ2n) is 5.70. The van der Waals surface area contributed by atoms with Gasteiger partial charge in [0.15, 0.2) is 0 Å². The zero-order chi connectivity index (χ0) is 18.2. The van der Waals surface area contributed by atoms with Gasteiger partial charge in [0, 0.05) is 7.11 Å². The van der Waals surface area contributed by atoms with Crippen molar-refractivity contribution in [2.24, 2.45) is 0 Å². The molecule has 1 unspecified atom stereocenters. The van der Waals surface area contributed by atoms with Gasteiger partial charge in [-0.3, -0.25) is 9.59 Å². The van der Waals surface area contributed by atoms with Crippen molar-refractivity contribution in [1.29, 1.82) is 0 Å². The number of amides is 1. The number of hydrogen-bond donors (Lipinski definition) is 2. The molecule has 1 atom stereocenters. The van der Waals surface area contributed by atoms with Crippen molar-refractivity contribution in [1.82, 2.24) is 5.32 Å². The van der Waals surface area contributed by atoms with Gasteiger partial charge in [-0.1, -0.05) is 36.4 Å². The molecule has 5 nitrogen and oxygen atoms in total. The number of methoxy groups -OCH3 is 1. The third kappa shape index (κ3) is 6.00. The van der Waals surface area contributed by atoms with E-state index in [0.717, 1.165) is 11.1 Å². The quantitative estimate of drug-likeness (QED) is 0.771. The first-order valence-electron chi connectivity index (χ1n) is 7.81. The maximum absolute atomic E-state index is 13.0. The van der Waals surface area contributed by atoms with Crippen molar-refractivity contribution in [3.63, 3.8) is 0 Å². The topological polar surface area (TPSA) is 75.6 Å². The van der Waals surface area contributed by atoms with Crippen LogP contribution in [0, 0.1) is 5.82 Å². The monoisotopic (exact) mass is 345 g/mol. The summed E-state index contributed by atoms with van der Waals surface area (Å²) in [6.07, 6.45) is -0.157. The van der Waals surface area contributed by atoms with Gasteiger partial charge >= 0.3 is 5.97 Å². The molecule has 0 aliphatic rings. The van der Waals surface area contributed by atoms with Gasteiger partial charge in [0.2, 0.25) is 5.91 Å². The van der Waals surface area contributed by atoms with Crippen LogP contribution in [-0.4, -0.2) is 24.1 Å². The molecule has 0 aliphatic heterocycles. The third-order valence-electron chi connectivity index (χ3n) is 3.65. The molecule has 2 N–H and O–H groups in total. The number of carboxylic acids is 1. The Morgan fingerprint density at radius 2 is 1.84 bits per heavy atom. The Morgan fingerprint density at radius 1 is 1.16 bits per heavy atom. The lowest BCUT2D eigenvalue weighted by Crippen LogP contribution is -2.31. The molecular weight excluding hydrogens is 325 g/mol. The first-order chi connectivity index (χ1) is 12.0. The normalized spacial score (nSPS) is 11.8. The Morgan fingerprint density at radius 3 is 2.48 bits per heavy atom. The molecule has 0 heterocycles. The van der Waals surface area contributed by atoms with Gasteiger partial charge in [-0.2, -0.15) is 0 Å². The van der Waals surface area contributed by atoms with E-state index in [1.54, 1.807) is 7.11 Å². The molecule has 2 rings (SSSR count). The molecule has 132 valence electrons. The van der Waals surface area contributed by atoms with Crippen LogP contribution in [0.3, 0.4) is 0 Å². The van der Waals surface area contributed by atoms with E-state index >= 15 is 0 Å². The Labute approximate surface area is 145 Å². The van der Waals surface area contributed by atoms with E-state index in [4.69, 9.17) is 9.84 Å². The minimum Gasteiger partial charge on any atom is -0.481 e. The molecule has 0 fully saturated rings. The van der Waals surface area contributed by atoms with Crippen LogP contribution in [0.25, 0.3) is 0 Å². The van der Waals surface area contributed by atoms with Crippen LogP contribution in [0.1, 0.15) is 29.2 Å². The van der Waals surface area contributed by atoms with Gasteiger partial charge in [-0.05, 0) is 28.8 Å². The molecule has 0 bridgehead atoms. The summed E-state index contributed by atoms with van der Waals surface area (Å²) in [5.74, 6) is -1.76. The molecule has 2 aromatic rings. The Hall–Kier alpha value is -2.73. The van der Waals surface area contributed by atoms with Crippen LogP contribution in [0.2, 0.25) is 0 Å². The van der Waals surface area contributed by atoms with Crippen LogP contribution in [0.4, 0.5) is 4.39 Å².